The van der Waals surface area contributed by atoms with E-state index in [1.807, 2.05) is 18.2 Å². The Balaban J connectivity index is 1.97. The number of nitrogens with one attached hydrogen (secondary N) is 1. The lowest BCUT2D eigenvalue weighted by Crippen LogP contribution is -2.05. The maximum Gasteiger partial charge on any atom is 0.416 e. The lowest BCUT2D eigenvalue weighted by atomic mass is 9.91. The van der Waals surface area contributed by atoms with Crippen molar-refractivity contribution in [2.75, 3.05) is 0 Å². The monoisotopic (exact) mass is 343 g/mol. The second-order valence-electron chi connectivity index (χ2n) is 6.42. The van der Waals surface area contributed by atoms with Crippen LogP contribution in [0.25, 0.3) is 22.2 Å². The molecule has 0 radical (unpaired) electrons. The Bertz CT molecular complexity index is 969. The number of carbonyl (C=O) groups is 1. The minimum atomic E-state index is -4.38. The molecule has 5 heteroatoms. The van der Waals surface area contributed by atoms with Crippen molar-refractivity contribution in [3.63, 3.8) is 0 Å². The molecule has 1 N–H and O–H groups in total. The maximum absolute atomic E-state index is 13.1. The summed E-state index contributed by atoms with van der Waals surface area (Å²) in [5, 5.41) is 0.861. The Labute approximate surface area is 142 Å². The van der Waals surface area contributed by atoms with Crippen LogP contribution < -0.4 is 0 Å². The smallest absolute Gasteiger partial charge is 0.354 e. The molecule has 0 unspecified atom stereocenters. The molecular weight excluding hydrogens is 327 g/mol. The van der Waals surface area contributed by atoms with Crippen LogP contribution in [0.15, 0.2) is 42.5 Å². The first-order valence-corrected chi connectivity index (χ1v) is 8.29. The van der Waals surface area contributed by atoms with Gasteiger partial charge in [0, 0.05) is 28.6 Å². The first-order chi connectivity index (χ1) is 11.9. The number of halogens is 3. The van der Waals surface area contributed by atoms with Crippen LogP contribution in [0.1, 0.15) is 40.7 Å². The van der Waals surface area contributed by atoms with Crippen LogP contribution in [0.4, 0.5) is 13.2 Å². The van der Waals surface area contributed by atoms with Gasteiger partial charge in [0.1, 0.15) is 0 Å². The summed E-state index contributed by atoms with van der Waals surface area (Å²) in [4.78, 5) is 15.7. The molecule has 25 heavy (non-hydrogen) atoms. The number of aromatic amines is 1. The summed E-state index contributed by atoms with van der Waals surface area (Å²) in [5.74, 6) is 0.0983. The first kappa shape index (κ1) is 15.9. The van der Waals surface area contributed by atoms with Crippen LogP contribution in [-0.2, 0) is 12.6 Å². The summed E-state index contributed by atoms with van der Waals surface area (Å²) in [5.41, 5.74) is 2.93. The number of hydrogen-bond donors (Lipinski definition) is 1. The van der Waals surface area contributed by atoms with Gasteiger partial charge in [-0.15, -0.1) is 0 Å². The molecule has 0 fully saturated rings. The van der Waals surface area contributed by atoms with E-state index in [0.717, 1.165) is 41.8 Å². The fraction of sp³-hybridized carbons (Fsp3) is 0.250. The molecule has 0 bridgehead atoms. The molecule has 1 aromatic heterocycles. The van der Waals surface area contributed by atoms with Gasteiger partial charge >= 0.3 is 6.18 Å². The van der Waals surface area contributed by atoms with Gasteiger partial charge in [-0.05, 0) is 48.6 Å². The highest BCUT2D eigenvalue weighted by Gasteiger charge is 2.31. The fourth-order valence-electron chi connectivity index (χ4n) is 3.62. The van der Waals surface area contributed by atoms with Crippen LogP contribution in [0.2, 0.25) is 0 Å². The van der Waals surface area contributed by atoms with Crippen molar-refractivity contribution < 1.29 is 18.0 Å². The minimum absolute atomic E-state index is 0.0983. The van der Waals surface area contributed by atoms with Crippen molar-refractivity contribution >= 4 is 16.7 Å². The standard InChI is InChI=1S/C20H16F3NO/c21-20(22,23)13-6-3-5-12(11-13)19-15-7-1-2-10-17(25)14-8-4-9-16(24-19)18(14)15/h3-6,8-9,11,24H,1-2,7,10H2. The van der Waals surface area contributed by atoms with Gasteiger partial charge in [-0.25, -0.2) is 0 Å². The van der Waals surface area contributed by atoms with E-state index in [2.05, 4.69) is 4.98 Å². The van der Waals surface area contributed by atoms with Crippen LogP contribution in [0, 0.1) is 0 Å². The third-order valence-corrected chi connectivity index (χ3v) is 4.79. The fourth-order valence-corrected chi connectivity index (χ4v) is 3.62. The normalized spacial score (nSPS) is 15.2. The minimum Gasteiger partial charge on any atom is -0.354 e. The van der Waals surface area contributed by atoms with Crippen molar-refractivity contribution in [3.8, 4) is 11.3 Å². The third kappa shape index (κ3) is 2.73. The van der Waals surface area contributed by atoms with E-state index in [4.69, 9.17) is 0 Å². The van der Waals surface area contributed by atoms with Gasteiger partial charge < -0.3 is 4.98 Å². The Morgan fingerprint density at radius 3 is 2.52 bits per heavy atom. The maximum atomic E-state index is 13.1. The topological polar surface area (TPSA) is 32.9 Å². The molecule has 4 rings (SSSR count). The highest BCUT2D eigenvalue weighted by Crippen LogP contribution is 2.38. The number of H-pyrrole nitrogens is 1. The van der Waals surface area contributed by atoms with Crippen molar-refractivity contribution in [3.05, 3.63) is 59.2 Å². The van der Waals surface area contributed by atoms with E-state index in [-0.39, 0.29) is 5.78 Å². The number of aromatic nitrogens is 1. The lowest BCUT2D eigenvalue weighted by Gasteiger charge is -2.12. The van der Waals surface area contributed by atoms with Crippen molar-refractivity contribution in [1.29, 1.82) is 0 Å². The van der Waals surface area contributed by atoms with Gasteiger partial charge in [-0.1, -0.05) is 24.3 Å². The van der Waals surface area contributed by atoms with E-state index in [0.29, 0.717) is 23.2 Å². The lowest BCUT2D eigenvalue weighted by molar-refractivity contribution is -0.137. The summed E-state index contributed by atoms with van der Waals surface area (Å²) in [7, 11) is 0. The SMILES string of the molecule is O=C1CCCCc2c(-c3cccc(C(F)(F)F)c3)[nH]c3cccc1c23. The van der Waals surface area contributed by atoms with Gasteiger partial charge in [-0.2, -0.15) is 13.2 Å². The number of hydrogen-bond acceptors (Lipinski definition) is 1. The average Bonchev–Trinajstić information content (AvgIpc) is 2.95. The van der Waals surface area contributed by atoms with E-state index in [1.165, 1.54) is 12.1 Å². The Kier molecular flexibility index (Phi) is 3.67. The number of ketones is 1. The van der Waals surface area contributed by atoms with Gasteiger partial charge in [0.15, 0.2) is 5.78 Å². The molecule has 2 nitrogen and oxygen atoms in total. The van der Waals surface area contributed by atoms with E-state index in [1.54, 1.807) is 6.07 Å². The van der Waals surface area contributed by atoms with E-state index < -0.39 is 11.7 Å². The Morgan fingerprint density at radius 2 is 1.72 bits per heavy atom. The van der Waals surface area contributed by atoms with Crippen molar-refractivity contribution in [2.45, 2.75) is 31.9 Å². The average molecular weight is 343 g/mol. The molecule has 0 aliphatic heterocycles. The van der Waals surface area contributed by atoms with Crippen molar-refractivity contribution in [1.82, 2.24) is 4.98 Å². The zero-order valence-corrected chi connectivity index (χ0v) is 13.4. The highest BCUT2D eigenvalue weighted by atomic mass is 19.4. The summed E-state index contributed by atoms with van der Waals surface area (Å²) < 4.78 is 39.2. The predicted octanol–water partition coefficient (Wildman–Crippen LogP) is 5.76. The van der Waals surface area contributed by atoms with Crippen LogP contribution in [0.5, 0.6) is 0 Å². The molecule has 2 aromatic carbocycles. The molecule has 1 aliphatic rings. The predicted molar refractivity (Wildman–Crippen MR) is 90.6 cm³/mol. The number of aryl methyl sites for hydroxylation is 1. The first-order valence-electron chi connectivity index (χ1n) is 8.29. The molecule has 0 saturated carbocycles. The van der Waals surface area contributed by atoms with Gasteiger partial charge in [0.25, 0.3) is 0 Å². The molecule has 0 spiro atoms. The summed E-state index contributed by atoms with van der Waals surface area (Å²) in [6.07, 6.45) is -1.48. The summed E-state index contributed by atoms with van der Waals surface area (Å²) in [6, 6.07) is 10.8. The zero-order valence-electron chi connectivity index (χ0n) is 13.4. The molecular formula is C20H16F3NO. The van der Waals surface area contributed by atoms with E-state index in [9.17, 15) is 18.0 Å². The summed E-state index contributed by atoms with van der Waals surface area (Å²) >= 11 is 0. The van der Waals surface area contributed by atoms with Crippen LogP contribution in [0.3, 0.4) is 0 Å². The second-order valence-corrected chi connectivity index (χ2v) is 6.42. The highest BCUT2D eigenvalue weighted by molar-refractivity contribution is 6.10. The van der Waals surface area contributed by atoms with E-state index >= 15 is 0 Å². The van der Waals surface area contributed by atoms with Crippen LogP contribution in [-0.4, -0.2) is 10.8 Å². The molecule has 0 saturated heterocycles. The van der Waals surface area contributed by atoms with Crippen LogP contribution >= 0.6 is 0 Å². The molecule has 1 aliphatic carbocycles. The number of rotatable bonds is 1. The number of carbonyl (C=O) groups excluding carboxylic acids is 1. The zero-order chi connectivity index (χ0) is 17.6. The third-order valence-electron chi connectivity index (χ3n) is 4.79. The molecule has 3 aromatic rings. The van der Waals surface area contributed by atoms with Gasteiger partial charge in [0.05, 0.1) is 5.56 Å². The van der Waals surface area contributed by atoms with Gasteiger partial charge in [0.2, 0.25) is 0 Å². The molecule has 0 atom stereocenters. The van der Waals surface area contributed by atoms with Gasteiger partial charge in [-0.3, -0.25) is 4.79 Å². The largest absolute Gasteiger partial charge is 0.416 e. The Morgan fingerprint density at radius 1 is 0.960 bits per heavy atom. The molecule has 128 valence electrons. The Hall–Kier alpha value is -2.56. The number of benzene rings is 2. The number of alkyl halides is 3. The second kappa shape index (κ2) is 5.76. The molecule has 0 amide bonds. The number of Topliss-reactive ketones (excluding diaryl/α,β-unsaturated/α-hetero) is 1. The summed E-state index contributed by atoms with van der Waals surface area (Å²) in [6.45, 7) is 0. The molecule has 1 heterocycles. The quantitative estimate of drug-likeness (QED) is 0.598. The van der Waals surface area contributed by atoms with Crippen molar-refractivity contribution in [2.24, 2.45) is 0 Å².